The Morgan fingerprint density at radius 1 is 0.973 bits per heavy atom. The predicted molar refractivity (Wildman–Crippen MR) is 144 cm³/mol. The minimum absolute atomic E-state index is 0.0519. The van der Waals surface area contributed by atoms with Crippen molar-refractivity contribution < 1.29 is 18.0 Å². The summed E-state index contributed by atoms with van der Waals surface area (Å²) in [5.41, 5.74) is 3.08. The van der Waals surface area contributed by atoms with E-state index in [2.05, 4.69) is 10.6 Å². The van der Waals surface area contributed by atoms with E-state index in [0.29, 0.717) is 29.1 Å². The molecule has 2 N–H and O–H groups in total. The summed E-state index contributed by atoms with van der Waals surface area (Å²) < 4.78 is 40.1. The number of carbonyl (C=O) groups is 1. The molecule has 5 rings (SSSR count). The van der Waals surface area contributed by atoms with Gasteiger partial charge in [-0.2, -0.15) is 13.2 Å². The molecule has 0 unspecified atom stereocenters. The van der Waals surface area contributed by atoms with Gasteiger partial charge in [-0.15, -0.1) is 0 Å². The molecule has 190 valence electrons. The Morgan fingerprint density at radius 2 is 1.62 bits per heavy atom. The zero-order valence-corrected chi connectivity index (χ0v) is 21.2. The number of rotatable bonds is 2. The summed E-state index contributed by atoms with van der Waals surface area (Å²) in [6.45, 7) is 4.08. The molecule has 0 bridgehead atoms. The molecule has 0 amide bonds. The number of fused-ring (bicyclic) bond motifs is 1. The van der Waals surface area contributed by atoms with Crippen molar-refractivity contribution >= 4 is 40.2 Å². The summed E-state index contributed by atoms with van der Waals surface area (Å²) in [5.74, 6) is -0.0519. The third kappa shape index (κ3) is 4.98. The molecule has 8 heteroatoms. The van der Waals surface area contributed by atoms with Gasteiger partial charge in [-0.1, -0.05) is 56.3 Å². The van der Waals surface area contributed by atoms with E-state index in [0.717, 1.165) is 34.9 Å². The average Bonchev–Trinajstić information content (AvgIpc) is 2.98. The Balaban J connectivity index is 1.71. The van der Waals surface area contributed by atoms with E-state index in [4.69, 9.17) is 12.2 Å². The fourth-order valence-corrected chi connectivity index (χ4v) is 5.41. The minimum Gasteiger partial charge on any atom is -0.357 e. The van der Waals surface area contributed by atoms with Gasteiger partial charge in [0.2, 0.25) is 0 Å². The maximum Gasteiger partial charge on any atom is 0.416 e. The first kappa shape index (κ1) is 25.0. The van der Waals surface area contributed by atoms with Crippen molar-refractivity contribution in [2.75, 3.05) is 15.5 Å². The first-order chi connectivity index (χ1) is 17.5. The number of thiocarbonyl (C=S) groups is 1. The number of nitrogens with zero attached hydrogens (tertiary/aromatic N) is 1. The number of anilines is 3. The van der Waals surface area contributed by atoms with Gasteiger partial charge in [-0.05, 0) is 66.0 Å². The van der Waals surface area contributed by atoms with Crippen LogP contribution >= 0.6 is 12.2 Å². The smallest absolute Gasteiger partial charge is 0.357 e. The van der Waals surface area contributed by atoms with E-state index in [1.165, 1.54) is 12.1 Å². The number of nitrogens with one attached hydrogen (secondary N) is 2. The molecule has 1 aliphatic carbocycles. The summed E-state index contributed by atoms with van der Waals surface area (Å²) in [6, 6.07) is 21.3. The van der Waals surface area contributed by atoms with Crippen molar-refractivity contribution in [2.24, 2.45) is 5.41 Å². The molecule has 3 aromatic carbocycles. The molecule has 3 aromatic rings. The van der Waals surface area contributed by atoms with Crippen LogP contribution in [0.1, 0.15) is 43.9 Å². The molecular formula is C29H26F3N3OS. The largest absolute Gasteiger partial charge is 0.416 e. The second-order valence-corrected chi connectivity index (χ2v) is 10.6. The Bertz CT molecular complexity index is 1380. The lowest BCUT2D eigenvalue weighted by atomic mass is 9.73. The van der Waals surface area contributed by atoms with Crippen LogP contribution < -0.4 is 15.5 Å². The Hall–Kier alpha value is -3.65. The van der Waals surface area contributed by atoms with E-state index in [1.807, 2.05) is 73.3 Å². The predicted octanol–water partition coefficient (Wildman–Crippen LogP) is 7.72. The van der Waals surface area contributed by atoms with Crippen molar-refractivity contribution in [3.63, 3.8) is 0 Å². The second kappa shape index (κ2) is 9.34. The fraction of sp³-hybridized carbons (Fsp3) is 0.241. The van der Waals surface area contributed by atoms with Gasteiger partial charge in [-0.25, -0.2) is 0 Å². The lowest BCUT2D eigenvalue weighted by Gasteiger charge is -2.38. The van der Waals surface area contributed by atoms with Crippen molar-refractivity contribution in [1.29, 1.82) is 0 Å². The number of benzene rings is 3. The third-order valence-corrected chi connectivity index (χ3v) is 7.00. The number of allylic oxidation sites excluding steroid dienone is 1. The molecule has 0 aromatic heterocycles. The lowest BCUT2D eigenvalue weighted by molar-refractivity contribution is -0.137. The maximum absolute atomic E-state index is 13.7. The zero-order valence-electron chi connectivity index (χ0n) is 20.4. The van der Waals surface area contributed by atoms with E-state index in [1.54, 1.807) is 0 Å². The van der Waals surface area contributed by atoms with Crippen LogP contribution in [-0.2, 0) is 11.0 Å². The van der Waals surface area contributed by atoms with Gasteiger partial charge >= 0.3 is 6.18 Å². The highest BCUT2D eigenvalue weighted by Crippen LogP contribution is 2.48. The summed E-state index contributed by atoms with van der Waals surface area (Å²) in [5, 5.41) is 7.07. The SMILES string of the molecule is CC1(C)CC(=O)C2=C(C1)Nc1ccccc1N(C(=S)Nc1ccccc1)[C@H]2c1ccc(C(F)(F)F)cc1. The number of Topliss-reactive ketones (excluding diaryl/α,β-unsaturated/α-hetero) is 1. The number of alkyl halides is 3. The van der Waals surface area contributed by atoms with Crippen LogP contribution in [-0.4, -0.2) is 10.9 Å². The normalized spacial score (nSPS) is 18.9. The molecule has 1 atom stereocenters. The number of halogens is 3. The molecule has 1 heterocycles. The van der Waals surface area contributed by atoms with Gasteiger partial charge < -0.3 is 15.5 Å². The van der Waals surface area contributed by atoms with Gasteiger partial charge in [0, 0.05) is 23.4 Å². The summed E-state index contributed by atoms with van der Waals surface area (Å²) in [4.78, 5) is 15.6. The van der Waals surface area contributed by atoms with Crippen LogP contribution in [0, 0.1) is 5.41 Å². The van der Waals surface area contributed by atoms with Crippen LogP contribution in [0.4, 0.5) is 30.2 Å². The first-order valence-corrected chi connectivity index (χ1v) is 12.4. The molecule has 0 radical (unpaired) electrons. The summed E-state index contributed by atoms with van der Waals surface area (Å²) in [6.07, 6.45) is -3.52. The van der Waals surface area contributed by atoms with Gasteiger partial charge in [0.05, 0.1) is 23.0 Å². The lowest BCUT2D eigenvalue weighted by Crippen LogP contribution is -2.41. The highest BCUT2D eigenvalue weighted by molar-refractivity contribution is 7.80. The minimum atomic E-state index is -4.46. The van der Waals surface area contributed by atoms with Gasteiger partial charge in [0.25, 0.3) is 0 Å². The van der Waals surface area contributed by atoms with E-state index in [-0.39, 0.29) is 11.2 Å². The molecule has 0 fully saturated rings. The Kier molecular flexibility index (Phi) is 6.31. The van der Waals surface area contributed by atoms with Gasteiger partial charge in [-0.3, -0.25) is 4.79 Å². The van der Waals surface area contributed by atoms with Crippen molar-refractivity contribution in [2.45, 2.75) is 38.9 Å². The number of para-hydroxylation sites is 3. The number of hydrogen-bond acceptors (Lipinski definition) is 3. The third-order valence-electron chi connectivity index (χ3n) is 6.70. The maximum atomic E-state index is 13.7. The molecule has 4 nitrogen and oxygen atoms in total. The van der Waals surface area contributed by atoms with Crippen molar-refractivity contribution in [1.82, 2.24) is 0 Å². The second-order valence-electron chi connectivity index (χ2n) is 10.2. The molecule has 0 spiro atoms. The summed E-state index contributed by atoms with van der Waals surface area (Å²) in [7, 11) is 0. The molecule has 1 aliphatic heterocycles. The quantitative estimate of drug-likeness (QED) is 0.338. The first-order valence-electron chi connectivity index (χ1n) is 12.0. The molecule has 0 saturated carbocycles. The van der Waals surface area contributed by atoms with Crippen LogP contribution in [0.3, 0.4) is 0 Å². The van der Waals surface area contributed by atoms with Crippen LogP contribution in [0.25, 0.3) is 0 Å². The highest BCUT2D eigenvalue weighted by Gasteiger charge is 2.43. The number of hydrogen-bond donors (Lipinski definition) is 2. The standard InChI is InChI=1S/C29H26F3N3OS/c1-28(2)16-22-25(24(36)17-28)26(18-12-14-19(15-13-18)29(30,31)32)35(23-11-7-6-10-21(23)34-22)27(37)33-20-8-4-3-5-9-20/h3-15,26,34H,16-17H2,1-2H3,(H,33,37)/t26-/m0/s1. The fourth-order valence-electron chi connectivity index (χ4n) is 5.09. The summed E-state index contributed by atoms with van der Waals surface area (Å²) >= 11 is 5.91. The molecular weight excluding hydrogens is 495 g/mol. The van der Waals surface area contributed by atoms with Crippen LogP contribution in [0.15, 0.2) is 90.1 Å². The topological polar surface area (TPSA) is 44.4 Å². The molecule has 37 heavy (non-hydrogen) atoms. The Labute approximate surface area is 219 Å². The van der Waals surface area contributed by atoms with Crippen LogP contribution in [0.2, 0.25) is 0 Å². The molecule has 0 saturated heterocycles. The average molecular weight is 522 g/mol. The van der Waals surface area contributed by atoms with E-state index in [9.17, 15) is 18.0 Å². The van der Waals surface area contributed by atoms with E-state index < -0.39 is 17.8 Å². The van der Waals surface area contributed by atoms with Gasteiger partial charge in [0.1, 0.15) is 0 Å². The van der Waals surface area contributed by atoms with Gasteiger partial charge in [0.15, 0.2) is 10.9 Å². The number of ketones is 1. The van der Waals surface area contributed by atoms with Crippen molar-refractivity contribution in [3.8, 4) is 0 Å². The Morgan fingerprint density at radius 3 is 2.30 bits per heavy atom. The highest BCUT2D eigenvalue weighted by atomic mass is 32.1. The molecule has 2 aliphatic rings. The zero-order chi connectivity index (χ0) is 26.4. The number of carbonyl (C=O) groups excluding carboxylic acids is 1. The van der Waals surface area contributed by atoms with E-state index >= 15 is 0 Å². The van der Waals surface area contributed by atoms with Crippen LogP contribution in [0.5, 0.6) is 0 Å². The van der Waals surface area contributed by atoms with Crippen molar-refractivity contribution in [3.05, 3.63) is 101 Å². The monoisotopic (exact) mass is 521 g/mol.